The number of hydrogen-bond acceptors (Lipinski definition) is 3. The summed E-state index contributed by atoms with van der Waals surface area (Å²) in [5, 5.41) is 2.85. The van der Waals surface area contributed by atoms with Crippen molar-refractivity contribution < 1.29 is 14.3 Å². The molecule has 25 heavy (non-hydrogen) atoms. The Morgan fingerprint density at radius 3 is 2.56 bits per heavy atom. The van der Waals surface area contributed by atoms with Gasteiger partial charge in [-0.25, -0.2) is 0 Å². The number of ether oxygens (including phenoxy) is 1. The smallest absolute Gasteiger partial charge is 0.255 e. The normalized spacial score (nSPS) is 14.2. The van der Waals surface area contributed by atoms with Crippen LogP contribution >= 0.6 is 15.9 Å². The van der Waals surface area contributed by atoms with Crippen molar-refractivity contribution in [3.05, 3.63) is 63.6 Å². The maximum atomic E-state index is 12.5. The number of rotatable bonds is 3. The average Bonchev–Trinajstić information content (AvgIpc) is 2.64. The van der Waals surface area contributed by atoms with Gasteiger partial charge in [0.25, 0.3) is 11.8 Å². The van der Waals surface area contributed by atoms with Crippen molar-refractivity contribution >= 4 is 33.4 Å². The molecule has 5 nitrogen and oxygen atoms in total. The van der Waals surface area contributed by atoms with Gasteiger partial charge in [-0.1, -0.05) is 28.1 Å². The van der Waals surface area contributed by atoms with Gasteiger partial charge in [-0.15, -0.1) is 0 Å². The third kappa shape index (κ3) is 4.27. The van der Waals surface area contributed by atoms with E-state index in [4.69, 9.17) is 4.74 Å². The maximum absolute atomic E-state index is 12.5. The number of nitrogens with one attached hydrogen (secondary N) is 1. The van der Waals surface area contributed by atoms with Crippen LogP contribution in [0.3, 0.4) is 0 Å². The fraction of sp³-hybridized carbons (Fsp3) is 0.263. The zero-order valence-corrected chi connectivity index (χ0v) is 15.5. The summed E-state index contributed by atoms with van der Waals surface area (Å²) in [6, 6.07) is 12.5. The van der Waals surface area contributed by atoms with Gasteiger partial charge in [0.1, 0.15) is 0 Å². The number of amides is 2. The molecule has 1 aliphatic rings. The minimum atomic E-state index is -0.211. The molecule has 1 aliphatic heterocycles. The molecular formula is C19H19BrN2O3. The average molecular weight is 403 g/mol. The van der Waals surface area contributed by atoms with Crippen molar-refractivity contribution in [2.45, 2.75) is 6.92 Å². The standard InChI is InChI=1S/C19H19BrN2O3/c1-13-5-6-14(12-17(13)20)18(23)21-16-4-2-3-15(11-16)19(24)22-7-9-25-10-8-22/h2-6,11-12H,7-10H2,1H3,(H,21,23). The Morgan fingerprint density at radius 1 is 1.08 bits per heavy atom. The van der Waals surface area contributed by atoms with E-state index in [0.29, 0.717) is 43.1 Å². The topological polar surface area (TPSA) is 58.6 Å². The lowest BCUT2D eigenvalue weighted by Crippen LogP contribution is -2.40. The lowest BCUT2D eigenvalue weighted by Gasteiger charge is -2.27. The zero-order valence-electron chi connectivity index (χ0n) is 13.9. The van der Waals surface area contributed by atoms with Crippen LogP contribution < -0.4 is 5.32 Å². The molecule has 1 saturated heterocycles. The van der Waals surface area contributed by atoms with Crippen LogP contribution in [-0.4, -0.2) is 43.0 Å². The highest BCUT2D eigenvalue weighted by Gasteiger charge is 2.19. The second-order valence-corrected chi connectivity index (χ2v) is 6.76. The molecule has 0 unspecified atom stereocenters. The van der Waals surface area contributed by atoms with E-state index in [0.717, 1.165) is 10.0 Å². The van der Waals surface area contributed by atoms with E-state index < -0.39 is 0 Å². The predicted molar refractivity (Wildman–Crippen MR) is 100.0 cm³/mol. The van der Waals surface area contributed by atoms with Crippen LogP contribution in [0.4, 0.5) is 5.69 Å². The molecule has 0 aliphatic carbocycles. The first-order valence-corrected chi connectivity index (χ1v) is 8.88. The van der Waals surface area contributed by atoms with Crippen LogP contribution in [0.25, 0.3) is 0 Å². The van der Waals surface area contributed by atoms with Crippen LogP contribution in [0.15, 0.2) is 46.9 Å². The molecule has 1 N–H and O–H groups in total. The Labute approximate surface area is 155 Å². The Kier molecular flexibility index (Phi) is 5.50. The van der Waals surface area contributed by atoms with E-state index in [1.54, 1.807) is 41.3 Å². The highest BCUT2D eigenvalue weighted by molar-refractivity contribution is 9.10. The second kappa shape index (κ2) is 7.80. The van der Waals surface area contributed by atoms with Crippen molar-refractivity contribution in [3.63, 3.8) is 0 Å². The number of nitrogens with zero attached hydrogens (tertiary/aromatic N) is 1. The summed E-state index contributed by atoms with van der Waals surface area (Å²) in [7, 11) is 0. The maximum Gasteiger partial charge on any atom is 0.255 e. The summed E-state index contributed by atoms with van der Waals surface area (Å²) in [6.07, 6.45) is 0. The predicted octanol–water partition coefficient (Wildman–Crippen LogP) is 3.48. The van der Waals surface area contributed by atoms with Crippen LogP contribution in [-0.2, 0) is 4.74 Å². The fourth-order valence-electron chi connectivity index (χ4n) is 2.62. The van der Waals surface area contributed by atoms with E-state index >= 15 is 0 Å². The summed E-state index contributed by atoms with van der Waals surface area (Å²) in [5.41, 5.74) is 2.78. The zero-order chi connectivity index (χ0) is 17.8. The highest BCUT2D eigenvalue weighted by atomic mass is 79.9. The summed E-state index contributed by atoms with van der Waals surface area (Å²) in [5.74, 6) is -0.255. The molecule has 1 fully saturated rings. The van der Waals surface area contributed by atoms with Gasteiger partial charge in [-0.3, -0.25) is 9.59 Å². The molecule has 2 amide bonds. The number of aryl methyl sites for hydroxylation is 1. The van der Waals surface area contributed by atoms with Gasteiger partial charge in [0.05, 0.1) is 13.2 Å². The molecule has 3 rings (SSSR count). The Balaban J connectivity index is 1.73. The molecule has 0 spiro atoms. The summed E-state index contributed by atoms with van der Waals surface area (Å²) in [6.45, 7) is 4.26. The molecule has 2 aromatic carbocycles. The van der Waals surface area contributed by atoms with E-state index in [2.05, 4.69) is 21.2 Å². The lowest BCUT2D eigenvalue weighted by molar-refractivity contribution is 0.0303. The van der Waals surface area contributed by atoms with Crippen molar-refractivity contribution in [2.24, 2.45) is 0 Å². The van der Waals surface area contributed by atoms with Gasteiger partial charge in [0.15, 0.2) is 0 Å². The molecule has 6 heteroatoms. The summed E-state index contributed by atoms with van der Waals surface area (Å²) in [4.78, 5) is 26.7. The number of anilines is 1. The molecule has 130 valence electrons. The molecule has 0 radical (unpaired) electrons. The Hall–Kier alpha value is -2.18. The van der Waals surface area contributed by atoms with Crippen LogP contribution in [0.2, 0.25) is 0 Å². The van der Waals surface area contributed by atoms with Gasteiger partial charge in [-0.2, -0.15) is 0 Å². The third-order valence-electron chi connectivity index (χ3n) is 4.10. The number of halogens is 1. The number of carbonyl (C=O) groups excluding carboxylic acids is 2. The van der Waals surface area contributed by atoms with Gasteiger partial charge in [0.2, 0.25) is 0 Å². The molecule has 2 aromatic rings. The van der Waals surface area contributed by atoms with Crippen molar-refractivity contribution in [1.82, 2.24) is 4.90 Å². The minimum Gasteiger partial charge on any atom is -0.378 e. The molecule has 0 aromatic heterocycles. The summed E-state index contributed by atoms with van der Waals surface area (Å²) >= 11 is 3.43. The number of hydrogen-bond donors (Lipinski definition) is 1. The van der Waals surface area contributed by atoms with Crippen LogP contribution in [0, 0.1) is 6.92 Å². The van der Waals surface area contributed by atoms with E-state index in [9.17, 15) is 9.59 Å². The molecule has 1 heterocycles. The first kappa shape index (κ1) is 17.6. The first-order valence-electron chi connectivity index (χ1n) is 8.09. The van der Waals surface area contributed by atoms with Gasteiger partial charge < -0.3 is 15.0 Å². The quantitative estimate of drug-likeness (QED) is 0.854. The largest absolute Gasteiger partial charge is 0.378 e. The van der Waals surface area contributed by atoms with Gasteiger partial charge in [0, 0.05) is 34.4 Å². The number of benzene rings is 2. The molecule has 0 bridgehead atoms. The third-order valence-corrected chi connectivity index (χ3v) is 4.95. The van der Waals surface area contributed by atoms with Gasteiger partial charge in [-0.05, 0) is 42.8 Å². The molecule has 0 saturated carbocycles. The lowest BCUT2D eigenvalue weighted by atomic mass is 10.1. The van der Waals surface area contributed by atoms with Crippen LogP contribution in [0.1, 0.15) is 26.3 Å². The second-order valence-electron chi connectivity index (χ2n) is 5.90. The fourth-order valence-corrected chi connectivity index (χ4v) is 3.00. The van der Waals surface area contributed by atoms with E-state index in [-0.39, 0.29) is 11.8 Å². The summed E-state index contributed by atoms with van der Waals surface area (Å²) < 4.78 is 6.16. The number of carbonyl (C=O) groups is 2. The minimum absolute atomic E-state index is 0.0440. The van der Waals surface area contributed by atoms with Crippen molar-refractivity contribution in [1.29, 1.82) is 0 Å². The molecular weight excluding hydrogens is 384 g/mol. The first-order chi connectivity index (χ1) is 12.0. The highest BCUT2D eigenvalue weighted by Crippen LogP contribution is 2.19. The van der Waals surface area contributed by atoms with Crippen LogP contribution in [0.5, 0.6) is 0 Å². The van der Waals surface area contributed by atoms with E-state index in [1.165, 1.54) is 0 Å². The molecule has 0 atom stereocenters. The monoisotopic (exact) mass is 402 g/mol. The van der Waals surface area contributed by atoms with E-state index in [1.807, 2.05) is 13.0 Å². The number of morpholine rings is 1. The van der Waals surface area contributed by atoms with Crippen molar-refractivity contribution in [3.8, 4) is 0 Å². The van der Waals surface area contributed by atoms with Crippen molar-refractivity contribution in [2.75, 3.05) is 31.6 Å². The van der Waals surface area contributed by atoms with Gasteiger partial charge >= 0.3 is 0 Å². The Morgan fingerprint density at radius 2 is 1.84 bits per heavy atom. The SMILES string of the molecule is Cc1ccc(C(=O)Nc2cccc(C(=O)N3CCOCC3)c2)cc1Br. The Bertz CT molecular complexity index is 801.